The topological polar surface area (TPSA) is 23.8 Å². The number of hydrogen-bond acceptors (Lipinski definition) is 1. The van der Waals surface area contributed by atoms with E-state index < -0.39 is 5.41 Å². The predicted octanol–water partition coefficient (Wildman–Crippen LogP) is 4.68. The van der Waals surface area contributed by atoms with Gasteiger partial charge in [-0.25, -0.2) is 4.39 Å². The molecule has 2 heteroatoms. The zero-order valence-electron chi connectivity index (χ0n) is 11.9. The lowest BCUT2D eigenvalue weighted by atomic mass is 9.70. The molecule has 3 rings (SSSR count). The maximum atomic E-state index is 14.5. The second-order valence-corrected chi connectivity index (χ2v) is 5.07. The quantitative estimate of drug-likeness (QED) is 0.641. The van der Waals surface area contributed by atoms with E-state index in [1.54, 1.807) is 18.2 Å². The van der Waals surface area contributed by atoms with Gasteiger partial charge in [-0.2, -0.15) is 5.26 Å². The number of nitrogens with zero attached hydrogens (tertiary/aromatic N) is 1. The Balaban J connectivity index is 2.37. The monoisotopic (exact) mass is 287 g/mol. The van der Waals surface area contributed by atoms with Crippen molar-refractivity contribution < 1.29 is 4.39 Å². The number of benzene rings is 3. The molecule has 0 N–H and O–H groups in total. The van der Waals surface area contributed by atoms with Gasteiger partial charge in [-0.3, -0.25) is 0 Å². The molecule has 0 bridgehead atoms. The minimum Gasteiger partial charge on any atom is -0.207 e. The predicted molar refractivity (Wildman–Crippen MR) is 84.8 cm³/mol. The van der Waals surface area contributed by atoms with Gasteiger partial charge >= 0.3 is 0 Å². The molecule has 0 aliphatic carbocycles. The molecule has 106 valence electrons. The van der Waals surface area contributed by atoms with E-state index in [4.69, 9.17) is 0 Å². The fourth-order valence-electron chi connectivity index (χ4n) is 2.81. The summed E-state index contributed by atoms with van der Waals surface area (Å²) in [5, 5.41) is 10.0. The van der Waals surface area contributed by atoms with Crippen LogP contribution in [0.5, 0.6) is 0 Å². The Kier molecular flexibility index (Phi) is 3.72. The van der Waals surface area contributed by atoms with Crippen molar-refractivity contribution in [3.63, 3.8) is 0 Å². The van der Waals surface area contributed by atoms with Crippen molar-refractivity contribution in [3.8, 4) is 6.07 Å². The van der Waals surface area contributed by atoms with Crippen molar-refractivity contribution in [2.24, 2.45) is 0 Å². The minimum absolute atomic E-state index is 0.370. The molecule has 0 radical (unpaired) electrons. The van der Waals surface area contributed by atoms with Crippen LogP contribution in [-0.2, 0) is 5.41 Å². The van der Waals surface area contributed by atoms with Crippen LogP contribution in [0, 0.1) is 17.1 Å². The summed E-state index contributed by atoms with van der Waals surface area (Å²) in [5.74, 6) is -0.378. The van der Waals surface area contributed by atoms with Crippen LogP contribution in [0.25, 0.3) is 0 Å². The maximum Gasteiger partial charge on any atom is 0.135 e. The fraction of sp³-hybridized carbons (Fsp3) is 0.0500. The first kappa shape index (κ1) is 14.0. The van der Waals surface area contributed by atoms with Gasteiger partial charge in [-0.05, 0) is 17.2 Å². The van der Waals surface area contributed by atoms with Gasteiger partial charge in [0, 0.05) is 5.56 Å². The van der Waals surface area contributed by atoms with Crippen LogP contribution in [0.15, 0.2) is 84.9 Å². The molecule has 1 nitrogen and oxygen atoms in total. The molecule has 0 atom stereocenters. The van der Waals surface area contributed by atoms with E-state index in [0.29, 0.717) is 5.56 Å². The summed E-state index contributed by atoms with van der Waals surface area (Å²) >= 11 is 0. The van der Waals surface area contributed by atoms with Crippen molar-refractivity contribution in [1.82, 2.24) is 0 Å². The molecule has 0 aliphatic rings. The molecule has 0 saturated carbocycles. The number of nitriles is 1. The van der Waals surface area contributed by atoms with E-state index in [-0.39, 0.29) is 5.82 Å². The molecule has 22 heavy (non-hydrogen) atoms. The molecule has 0 fully saturated rings. The van der Waals surface area contributed by atoms with Crippen molar-refractivity contribution in [1.29, 1.82) is 5.26 Å². The average Bonchev–Trinajstić information content (AvgIpc) is 2.59. The van der Waals surface area contributed by atoms with Crippen LogP contribution in [0.1, 0.15) is 16.7 Å². The van der Waals surface area contributed by atoms with E-state index >= 15 is 0 Å². The molecule has 0 amide bonds. The standard InChI is InChI=1S/C20H14FN/c21-19-14-8-7-13-18(19)20(15-22,16-9-3-1-4-10-16)17-11-5-2-6-12-17/h1-14H. The normalized spacial score (nSPS) is 10.9. The summed E-state index contributed by atoms with van der Waals surface area (Å²) in [7, 11) is 0. The zero-order chi connectivity index (χ0) is 15.4. The Morgan fingerprint density at radius 3 is 1.59 bits per heavy atom. The van der Waals surface area contributed by atoms with Crippen molar-refractivity contribution in [2.45, 2.75) is 5.41 Å². The Labute approximate surface area is 129 Å². The van der Waals surface area contributed by atoms with Gasteiger partial charge in [0.05, 0.1) is 6.07 Å². The lowest BCUT2D eigenvalue weighted by Crippen LogP contribution is -2.28. The summed E-state index contributed by atoms with van der Waals surface area (Å²) in [6, 6.07) is 27.5. The average molecular weight is 287 g/mol. The summed E-state index contributed by atoms with van der Waals surface area (Å²) < 4.78 is 14.5. The highest BCUT2D eigenvalue weighted by molar-refractivity contribution is 5.56. The fourth-order valence-corrected chi connectivity index (χ4v) is 2.81. The second-order valence-electron chi connectivity index (χ2n) is 5.07. The number of rotatable bonds is 3. The largest absolute Gasteiger partial charge is 0.207 e. The summed E-state index contributed by atoms with van der Waals surface area (Å²) in [6.45, 7) is 0. The van der Waals surface area contributed by atoms with Gasteiger partial charge in [-0.1, -0.05) is 78.9 Å². The van der Waals surface area contributed by atoms with E-state index in [0.717, 1.165) is 11.1 Å². The third-order valence-corrected chi connectivity index (χ3v) is 3.86. The first-order chi connectivity index (χ1) is 10.8. The van der Waals surface area contributed by atoms with Crippen LogP contribution >= 0.6 is 0 Å². The molecule has 0 heterocycles. The number of halogens is 1. The third kappa shape index (κ3) is 2.17. The molecular weight excluding hydrogens is 273 g/mol. The minimum atomic E-state index is -1.16. The van der Waals surface area contributed by atoms with Crippen molar-refractivity contribution >= 4 is 0 Å². The molecule has 3 aromatic rings. The van der Waals surface area contributed by atoms with Crippen LogP contribution in [0.3, 0.4) is 0 Å². The highest BCUT2D eigenvalue weighted by Gasteiger charge is 2.38. The van der Waals surface area contributed by atoms with E-state index in [1.165, 1.54) is 6.07 Å². The van der Waals surface area contributed by atoms with E-state index in [2.05, 4.69) is 6.07 Å². The third-order valence-electron chi connectivity index (χ3n) is 3.86. The Bertz CT molecular complexity index is 764. The van der Waals surface area contributed by atoms with Gasteiger partial charge in [0.15, 0.2) is 0 Å². The Hall–Kier alpha value is -2.92. The molecule has 0 spiro atoms. The summed E-state index contributed by atoms with van der Waals surface area (Å²) in [4.78, 5) is 0. The molecule has 3 aromatic carbocycles. The smallest absolute Gasteiger partial charge is 0.135 e. The molecular formula is C20H14FN. The number of hydrogen-bond donors (Lipinski definition) is 0. The lowest BCUT2D eigenvalue weighted by molar-refractivity contribution is 0.589. The first-order valence-electron chi connectivity index (χ1n) is 7.06. The highest BCUT2D eigenvalue weighted by Crippen LogP contribution is 2.39. The first-order valence-corrected chi connectivity index (χ1v) is 7.06. The Morgan fingerprint density at radius 1 is 0.682 bits per heavy atom. The Morgan fingerprint density at radius 2 is 1.14 bits per heavy atom. The highest BCUT2D eigenvalue weighted by atomic mass is 19.1. The van der Waals surface area contributed by atoms with Crippen LogP contribution in [0.2, 0.25) is 0 Å². The van der Waals surface area contributed by atoms with E-state index in [1.807, 2.05) is 60.7 Å². The van der Waals surface area contributed by atoms with Crippen LogP contribution in [-0.4, -0.2) is 0 Å². The van der Waals surface area contributed by atoms with Gasteiger partial charge in [-0.15, -0.1) is 0 Å². The summed E-state index contributed by atoms with van der Waals surface area (Å²) in [5.41, 5.74) is 0.728. The maximum absolute atomic E-state index is 14.5. The van der Waals surface area contributed by atoms with Crippen LogP contribution in [0.4, 0.5) is 4.39 Å². The molecule has 0 unspecified atom stereocenters. The SMILES string of the molecule is N#CC(c1ccccc1)(c1ccccc1)c1ccccc1F. The van der Waals surface area contributed by atoms with Gasteiger partial charge < -0.3 is 0 Å². The van der Waals surface area contributed by atoms with Gasteiger partial charge in [0.2, 0.25) is 0 Å². The summed E-state index contributed by atoms with van der Waals surface area (Å²) in [6.07, 6.45) is 0. The lowest BCUT2D eigenvalue weighted by Gasteiger charge is -2.28. The second kappa shape index (κ2) is 5.83. The van der Waals surface area contributed by atoms with E-state index in [9.17, 15) is 9.65 Å². The van der Waals surface area contributed by atoms with Crippen molar-refractivity contribution in [3.05, 3.63) is 107 Å². The molecule has 0 aliphatic heterocycles. The van der Waals surface area contributed by atoms with Gasteiger partial charge in [0.1, 0.15) is 11.2 Å². The van der Waals surface area contributed by atoms with Crippen molar-refractivity contribution in [2.75, 3.05) is 0 Å². The molecule has 0 saturated heterocycles. The van der Waals surface area contributed by atoms with Gasteiger partial charge in [0.25, 0.3) is 0 Å². The zero-order valence-corrected chi connectivity index (χ0v) is 11.9. The molecule has 0 aromatic heterocycles. The van der Waals surface area contributed by atoms with Crippen LogP contribution < -0.4 is 0 Å².